The fourth-order valence-corrected chi connectivity index (χ4v) is 2.34. The Hall–Kier alpha value is -1.49. The Balaban J connectivity index is 2.00. The molecule has 1 aliphatic rings. The van der Waals surface area contributed by atoms with Crippen molar-refractivity contribution in [1.82, 2.24) is 4.90 Å². The maximum Gasteiger partial charge on any atom is 0.288 e. The monoisotopic (exact) mass is 236 g/mol. The van der Waals surface area contributed by atoms with Gasteiger partial charge in [0.2, 0.25) is 5.91 Å². The molecule has 0 atom stereocenters. The average molecular weight is 236 g/mol. The van der Waals surface area contributed by atoms with Crippen LogP contribution in [0.2, 0.25) is 0 Å². The lowest BCUT2D eigenvalue weighted by molar-refractivity contribution is -0.124. The number of anilines is 1. The highest BCUT2D eigenvalue weighted by Gasteiger charge is 2.29. The molecule has 2 amide bonds. The fourth-order valence-electron chi connectivity index (χ4n) is 1.59. The van der Waals surface area contributed by atoms with Crippen LogP contribution in [-0.2, 0) is 11.2 Å². The number of nitrogens with two attached hydrogens (primary N) is 1. The predicted molar refractivity (Wildman–Crippen MR) is 64.1 cm³/mol. The molecule has 4 nitrogen and oxygen atoms in total. The number of nitrogen functional groups attached to an aromatic ring is 1. The highest BCUT2D eigenvalue weighted by atomic mass is 32.2. The standard InChI is InChI=1S/C11H12N2O2S/c12-9-4-2-1-3-8(9)5-6-13-10(14)7-16-11(13)15/h1-4H,5-7,12H2. The van der Waals surface area contributed by atoms with Gasteiger partial charge in [0, 0.05) is 12.2 Å². The van der Waals surface area contributed by atoms with E-state index < -0.39 is 0 Å². The third-order valence-electron chi connectivity index (χ3n) is 2.50. The van der Waals surface area contributed by atoms with Crippen LogP contribution < -0.4 is 5.73 Å². The normalized spacial score (nSPS) is 15.9. The zero-order valence-corrected chi connectivity index (χ0v) is 9.50. The number of carbonyl (C=O) groups excluding carboxylic acids is 2. The first-order chi connectivity index (χ1) is 7.68. The molecular formula is C11H12N2O2S. The summed E-state index contributed by atoms with van der Waals surface area (Å²) in [6, 6.07) is 7.49. The summed E-state index contributed by atoms with van der Waals surface area (Å²) in [7, 11) is 0. The Morgan fingerprint density at radius 2 is 2.06 bits per heavy atom. The molecule has 1 aromatic carbocycles. The minimum Gasteiger partial charge on any atom is -0.399 e. The molecule has 0 spiro atoms. The van der Waals surface area contributed by atoms with Crippen LogP contribution in [0, 0.1) is 0 Å². The Morgan fingerprint density at radius 3 is 2.69 bits per heavy atom. The molecule has 0 aliphatic carbocycles. The smallest absolute Gasteiger partial charge is 0.288 e. The number of para-hydroxylation sites is 1. The number of benzene rings is 1. The van der Waals surface area contributed by atoms with Crippen LogP contribution in [-0.4, -0.2) is 28.3 Å². The van der Waals surface area contributed by atoms with Crippen LogP contribution in [0.4, 0.5) is 10.5 Å². The van der Waals surface area contributed by atoms with Gasteiger partial charge in [0.25, 0.3) is 5.24 Å². The SMILES string of the molecule is Nc1ccccc1CCN1C(=O)CSC1=O. The predicted octanol–water partition coefficient (Wildman–Crippen LogP) is 1.51. The summed E-state index contributed by atoms with van der Waals surface area (Å²) in [5.41, 5.74) is 7.46. The molecule has 2 rings (SSSR count). The zero-order valence-electron chi connectivity index (χ0n) is 8.68. The second-order valence-corrected chi connectivity index (χ2v) is 4.48. The van der Waals surface area contributed by atoms with Gasteiger partial charge in [-0.2, -0.15) is 0 Å². The van der Waals surface area contributed by atoms with Gasteiger partial charge in [-0.3, -0.25) is 14.5 Å². The Bertz CT molecular complexity index is 418. The van der Waals surface area contributed by atoms with Crippen molar-refractivity contribution in [2.75, 3.05) is 18.0 Å². The van der Waals surface area contributed by atoms with Gasteiger partial charge < -0.3 is 5.73 Å². The summed E-state index contributed by atoms with van der Waals surface area (Å²) in [5, 5.41) is -0.153. The number of thioether (sulfide) groups is 1. The van der Waals surface area contributed by atoms with Gasteiger partial charge in [0.05, 0.1) is 5.75 Å². The number of nitrogens with zero attached hydrogens (tertiary/aromatic N) is 1. The topological polar surface area (TPSA) is 63.4 Å². The van der Waals surface area contributed by atoms with Crippen molar-refractivity contribution >= 4 is 28.6 Å². The summed E-state index contributed by atoms with van der Waals surface area (Å²) in [6.07, 6.45) is 0.616. The van der Waals surface area contributed by atoms with E-state index in [2.05, 4.69) is 0 Å². The molecule has 2 N–H and O–H groups in total. The van der Waals surface area contributed by atoms with Gasteiger partial charge in [-0.25, -0.2) is 0 Å². The lowest BCUT2D eigenvalue weighted by atomic mass is 10.1. The summed E-state index contributed by atoms with van der Waals surface area (Å²) in [5.74, 6) is 0.160. The second-order valence-electron chi connectivity index (χ2n) is 3.55. The molecule has 0 saturated carbocycles. The van der Waals surface area contributed by atoms with Crippen LogP contribution in [0.3, 0.4) is 0 Å². The van der Waals surface area contributed by atoms with Crippen molar-refractivity contribution in [3.63, 3.8) is 0 Å². The van der Waals surface area contributed by atoms with Crippen LogP contribution in [0.25, 0.3) is 0 Å². The van der Waals surface area contributed by atoms with Crippen LogP contribution in [0.15, 0.2) is 24.3 Å². The summed E-state index contributed by atoms with van der Waals surface area (Å²) < 4.78 is 0. The summed E-state index contributed by atoms with van der Waals surface area (Å²) in [4.78, 5) is 24.0. The van der Waals surface area contributed by atoms with Crippen molar-refractivity contribution in [3.05, 3.63) is 29.8 Å². The first-order valence-electron chi connectivity index (χ1n) is 4.99. The molecule has 5 heteroatoms. The van der Waals surface area contributed by atoms with Crippen molar-refractivity contribution in [2.45, 2.75) is 6.42 Å². The van der Waals surface area contributed by atoms with E-state index in [1.165, 1.54) is 4.90 Å². The lowest BCUT2D eigenvalue weighted by Gasteiger charge is -2.13. The number of hydrogen-bond acceptors (Lipinski definition) is 4. The molecule has 0 bridgehead atoms. The molecule has 16 heavy (non-hydrogen) atoms. The van der Waals surface area contributed by atoms with Crippen molar-refractivity contribution < 1.29 is 9.59 Å². The number of hydrogen-bond donors (Lipinski definition) is 1. The fraction of sp³-hybridized carbons (Fsp3) is 0.273. The van der Waals surface area contributed by atoms with E-state index in [-0.39, 0.29) is 16.9 Å². The highest BCUT2D eigenvalue weighted by Crippen LogP contribution is 2.20. The number of imide groups is 1. The number of amides is 2. The van der Waals surface area contributed by atoms with E-state index in [0.29, 0.717) is 18.7 Å². The molecular weight excluding hydrogens is 224 g/mol. The van der Waals surface area contributed by atoms with Gasteiger partial charge in [0.1, 0.15) is 0 Å². The minimum atomic E-state index is -0.153. The zero-order chi connectivity index (χ0) is 11.5. The van der Waals surface area contributed by atoms with Gasteiger partial charge in [-0.1, -0.05) is 30.0 Å². The van der Waals surface area contributed by atoms with E-state index in [4.69, 9.17) is 5.73 Å². The van der Waals surface area contributed by atoms with E-state index in [0.717, 1.165) is 17.3 Å². The first kappa shape index (κ1) is 11.0. The summed E-state index contributed by atoms with van der Waals surface area (Å²) >= 11 is 1.06. The molecule has 84 valence electrons. The van der Waals surface area contributed by atoms with Gasteiger partial charge in [-0.15, -0.1) is 0 Å². The first-order valence-corrected chi connectivity index (χ1v) is 5.97. The Labute approximate surface area is 97.8 Å². The molecule has 0 unspecified atom stereocenters. The molecule has 1 aromatic rings. The molecule has 1 saturated heterocycles. The lowest BCUT2D eigenvalue weighted by Crippen LogP contribution is -2.30. The Morgan fingerprint density at radius 1 is 1.31 bits per heavy atom. The summed E-state index contributed by atoms with van der Waals surface area (Å²) in [6.45, 7) is 0.416. The molecule has 0 radical (unpaired) electrons. The maximum absolute atomic E-state index is 11.3. The largest absolute Gasteiger partial charge is 0.399 e. The van der Waals surface area contributed by atoms with Crippen LogP contribution in [0.1, 0.15) is 5.56 Å². The van der Waals surface area contributed by atoms with E-state index in [1.807, 2.05) is 24.3 Å². The van der Waals surface area contributed by atoms with E-state index >= 15 is 0 Å². The number of carbonyl (C=O) groups is 2. The van der Waals surface area contributed by atoms with Crippen LogP contribution in [0.5, 0.6) is 0 Å². The third-order valence-corrected chi connectivity index (χ3v) is 3.36. The molecule has 0 aromatic heterocycles. The molecule has 1 fully saturated rings. The van der Waals surface area contributed by atoms with Crippen molar-refractivity contribution in [1.29, 1.82) is 0 Å². The average Bonchev–Trinajstić information content (AvgIpc) is 2.58. The minimum absolute atomic E-state index is 0.107. The van der Waals surface area contributed by atoms with Crippen LogP contribution >= 0.6 is 11.8 Å². The van der Waals surface area contributed by atoms with Gasteiger partial charge in [-0.05, 0) is 18.1 Å². The second kappa shape index (κ2) is 4.57. The Kier molecular flexibility index (Phi) is 3.14. The van der Waals surface area contributed by atoms with E-state index in [9.17, 15) is 9.59 Å². The van der Waals surface area contributed by atoms with Crippen molar-refractivity contribution in [2.24, 2.45) is 0 Å². The number of rotatable bonds is 3. The maximum atomic E-state index is 11.3. The van der Waals surface area contributed by atoms with E-state index in [1.54, 1.807) is 0 Å². The van der Waals surface area contributed by atoms with Crippen molar-refractivity contribution in [3.8, 4) is 0 Å². The third kappa shape index (κ3) is 2.19. The molecule has 1 heterocycles. The van der Waals surface area contributed by atoms with Gasteiger partial charge >= 0.3 is 0 Å². The van der Waals surface area contributed by atoms with Gasteiger partial charge in [0.15, 0.2) is 0 Å². The highest BCUT2D eigenvalue weighted by molar-refractivity contribution is 8.14. The molecule has 1 aliphatic heterocycles. The quantitative estimate of drug-likeness (QED) is 0.808.